The number of hydrogen-bond donors (Lipinski definition) is 1. The summed E-state index contributed by atoms with van der Waals surface area (Å²) in [5.41, 5.74) is 7.62. The Morgan fingerprint density at radius 2 is 2.10 bits per heavy atom. The molecule has 3 heteroatoms. The van der Waals surface area contributed by atoms with Gasteiger partial charge in [-0.1, -0.05) is 0 Å². The van der Waals surface area contributed by atoms with E-state index in [1.165, 1.54) is 9.13 Å². The van der Waals surface area contributed by atoms with Gasteiger partial charge in [-0.25, -0.2) is 0 Å². The number of nitrogen functional groups attached to an aromatic ring is 1. The summed E-state index contributed by atoms with van der Waals surface area (Å²) in [5.74, 6) is 0. The zero-order chi connectivity index (χ0) is 7.72. The van der Waals surface area contributed by atoms with Crippen LogP contribution in [0, 0.1) is 10.5 Å². The summed E-state index contributed by atoms with van der Waals surface area (Å²) in [6.45, 7) is 2.04. The van der Waals surface area contributed by atoms with E-state index < -0.39 is 0 Å². The molecular weight excluding hydrogens is 305 g/mol. The van der Waals surface area contributed by atoms with E-state index in [9.17, 15) is 0 Å². The predicted molar refractivity (Wildman–Crippen MR) is 56.0 cm³/mol. The number of halogens is 2. The summed E-state index contributed by atoms with van der Waals surface area (Å²) < 4.78 is 2.30. The molecule has 0 aliphatic heterocycles. The second-order valence-electron chi connectivity index (χ2n) is 2.13. The maximum atomic E-state index is 5.60. The number of rotatable bonds is 0. The average Bonchev–Trinajstić information content (AvgIpc) is 1.82. The lowest BCUT2D eigenvalue weighted by molar-refractivity contribution is 1.40. The Balaban J connectivity index is 3.31. The molecule has 0 aliphatic carbocycles. The molecule has 0 bridgehead atoms. The topological polar surface area (TPSA) is 26.0 Å². The molecule has 0 fully saturated rings. The lowest BCUT2D eigenvalue weighted by atomic mass is 10.2. The Bertz CT molecular complexity index is 237. The molecule has 1 aromatic carbocycles. The fourth-order valence-electron chi connectivity index (χ4n) is 0.753. The zero-order valence-corrected chi connectivity index (χ0v) is 9.23. The molecule has 0 radical (unpaired) electrons. The van der Waals surface area contributed by atoms with Gasteiger partial charge >= 0.3 is 0 Å². The first-order valence-corrected chi connectivity index (χ1v) is 4.69. The van der Waals surface area contributed by atoms with Crippen molar-refractivity contribution in [2.24, 2.45) is 0 Å². The Morgan fingerprint density at radius 1 is 1.50 bits per heavy atom. The number of nitrogens with two attached hydrogens (primary N) is 1. The molecule has 0 aliphatic rings. The van der Waals surface area contributed by atoms with Crippen molar-refractivity contribution in [3.8, 4) is 0 Å². The van der Waals surface area contributed by atoms with Crippen LogP contribution in [0.2, 0.25) is 0 Å². The maximum absolute atomic E-state index is 5.60. The highest BCUT2D eigenvalue weighted by Crippen LogP contribution is 2.24. The number of anilines is 1. The lowest BCUT2D eigenvalue weighted by Crippen LogP contribution is -1.88. The Labute approximate surface area is 82.3 Å². The van der Waals surface area contributed by atoms with E-state index in [1.807, 2.05) is 19.1 Å². The monoisotopic (exact) mass is 311 g/mol. The summed E-state index contributed by atoms with van der Waals surface area (Å²) in [4.78, 5) is 0. The third-order valence-electron chi connectivity index (χ3n) is 1.23. The van der Waals surface area contributed by atoms with E-state index in [0.29, 0.717) is 0 Å². The molecule has 0 saturated carbocycles. The van der Waals surface area contributed by atoms with E-state index in [0.717, 1.165) is 10.2 Å². The van der Waals surface area contributed by atoms with Gasteiger partial charge in [0.15, 0.2) is 0 Å². The van der Waals surface area contributed by atoms with Crippen LogP contribution in [0.25, 0.3) is 0 Å². The van der Waals surface area contributed by atoms with Crippen molar-refractivity contribution in [3.05, 3.63) is 25.7 Å². The van der Waals surface area contributed by atoms with Gasteiger partial charge in [0, 0.05) is 13.7 Å². The van der Waals surface area contributed by atoms with Gasteiger partial charge < -0.3 is 5.73 Å². The SMILES string of the molecule is Cc1cc(N)cc(Br)c1I. The van der Waals surface area contributed by atoms with Gasteiger partial charge in [-0.15, -0.1) is 0 Å². The van der Waals surface area contributed by atoms with Crippen LogP contribution >= 0.6 is 38.5 Å². The normalized spacial score (nSPS) is 9.90. The van der Waals surface area contributed by atoms with Crippen LogP contribution < -0.4 is 5.73 Å². The molecule has 1 nitrogen and oxygen atoms in total. The molecule has 0 spiro atoms. The van der Waals surface area contributed by atoms with Crippen molar-refractivity contribution >= 4 is 44.2 Å². The molecule has 54 valence electrons. The first kappa shape index (κ1) is 8.33. The van der Waals surface area contributed by atoms with Crippen molar-refractivity contribution in [3.63, 3.8) is 0 Å². The van der Waals surface area contributed by atoms with E-state index in [-0.39, 0.29) is 0 Å². The zero-order valence-electron chi connectivity index (χ0n) is 5.49. The molecule has 1 rings (SSSR count). The minimum Gasteiger partial charge on any atom is -0.399 e. The smallest absolute Gasteiger partial charge is 0.0331 e. The first-order chi connectivity index (χ1) is 4.61. The minimum atomic E-state index is 0.810. The average molecular weight is 312 g/mol. The van der Waals surface area contributed by atoms with Gasteiger partial charge in [-0.05, 0) is 63.1 Å². The van der Waals surface area contributed by atoms with E-state index >= 15 is 0 Å². The van der Waals surface area contributed by atoms with Gasteiger partial charge in [0.05, 0.1) is 0 Å². The Hall–Kier alpha value is 0.230. The van der Waals surface area contributed by atoms with Crippen molar-refractivity contribution in [1.82, 2.24) is 0 Å². The van der Waals surface area contributed by atoms with Crippen LogP contribution in [0.1, 0.15) is 5.56 Å². The van der Waals surface area contributed by atoms with Gasteiger partial charge in [-0.3, -0.25) is 0 Å². The molecule has 0 heterocycles. The third-order valence-corrected chi connectivity index (χ3v) is 4.03. The summed E-state index contributed by atoms with van der Waals surface area (Å²) in [6.07, 6.45) is 0. The fourth-order valence-corrected chi connectivity index (χ4v) is 1.64. The van der Waals surface area contributed by atoms with Crippen LogP contribution in [-0.4, -0.2) is 0 Å². The maximum Gasteiger partial charge on any atom is 0.0331 e. The van der Waals surface area contributed by atoms with Gasteiger partial charge in [0.2, 0.25) is 0 Å². The number of aryl methyl sites for hydroxylation is 1. The highest BCUT2D eigenvalue weighted by atomic mass is 127. The largest absolute Gasteiger partial charge is 0.399 e. The second kappa shape index (κ2) is 3.09. The van der Waals surface area contributed by atoms with Crippen molar-refractivity contribution in [2.75, 3.05) is 5.73 Å². The molecule has 0 atom stereocenters. The molecule has 2 N–H and O–H groups in total. The fraction of sp³-hybridized carbons (Fsp3) is 0.143. The Morgan fingerprint density at radius 3 is 2.60 bits per heavy atom. The van der Waals surface area contributed by atoms with Crippen LogP contribution in [0.4, 0.5) is 5.69 Å². The van der Waals surface area contributed by atoms with Crippen LogP contribution in [0.3, 0.4) is 0 Å². The quantitative estimate of drug-likeness (QED) is 0.578. The van der Waals surface area contributed by atoms with Crippen molar-refractivity contribution < 1.29 is 0 Å². The van der Waals surface area contributed by atoms with Gasteiger partial charge in [-0.2, -0.15) is 0 Å². The van der Waals surface area contributed by atoms with Crippen molar-refractivity contribution in [2.45, 2.75) is 6.92 Å². The molecule has 0 aromatic heterocycles. The van der Waals surface area contributed by atoms with E-state index in [2.05, 4.69) is 38.5 Å². The Kier molecular flexibility index (Phi) is 2.57. The van der Waals surface area contributed by atoms with Crippen LogP contribution in [-0.2, 0) is 0 Å². The molecule has 0 amide bonds. The summed E-state index contributed by atoms with van der Waals surface area (Å²) in [7, 11) is 0. The molecular formula is C7H7BrIN. The minimum absolute atomic E-state index is 0.810. The van der Waals surface area contributed by atoms with Crippen LogP contribution in [0.5, 0.6) is 0 Å². The molecule has 1 aromatic rings. The van der Waals surface area contributed by atoms with Gasteiger partial charge in [0.25, 0.3) is 0 Å². The lowest BCUT2D eigenvalue weighted by Gasteiger charge is -2.01. The van der Waals surface area contributed by atoms with Crippen LogP contribution in [0.15, 0.2) is 16.6 Å². The summed E-state index contributed by atoms with van der Waals surface area (Å²) in [6, 6.07) is 3.88. The number of benzene rings is 1. The van der Waals surface area contributed by atoms with E-state index in [1.54, 1.807) is 0 Å². The standard InChI is InChI=1S/C7H7BrIN/c1-4-2-5(10)3-6(8)7(4)9/h2-3H,10H2,1H3. The molecule has 10 heavy (non-hydrogen) atoms. The highest BCUT2D eigenvalue weighted by Gasteiger charge is 1.99. The number of hydrogen-bond acceptors (Lipinski definition) is 1. The molecule has 0 unspecified atom stereocenters. The summed E-state index contributed by atoms with van der Waals surface area (Å²) in [5, 5.41) is 0. The predicted octanol–water partition coefficient (Wildman–Crippen LogP) is 2.94. The van der Waals surface area contributed by atoms with Crippen molar-refractivity contribution in [1.29, 1.82) is 0 Å². The van der Waals surface area contributed by atoms with E-state index in [4.69, 9.17) is 5.73 Å². The third kappa shape index (κ3) is 1.63. The first-order valence-electron chi connectivity index (χ1n) is 2.82. The highest BCUT2D eigenvalue weighted by molar-refractivity contribution is 14.1. The van der Waals surface area contributed by atoms with Gasteiger partial charge in [0.1, 0.15) is 0 Å². The molecule has 0 saturated heterocycles. The summed E-state index contributed by atoms with van der Waals surface area (Å²) >= 11 is 5.69. The second-order valence-corrected chi connectivity index (χ2v) is 4.07.